The number of hydrogen-bond donors (Lipinski definition) is 3. The van der Waals surface area contributed by atoms with Crippen molar-refractivity contribution in [3.05, 3.63) is 64.7 Å². The summed E-state index contributed by atoms with van der Waals surface area (Å²) in [7, 11) is 0. The van der Waals surface area contributed by atoms with Crippen LogP contribution in [0.1, 0.15) is 52.8 Å². The van der Waals surface area contributed by atoms with Crippen LogP contribution in [0.4, 0.5) is 5.69 Å². The maximum absolute atomic E-state index is 12.4. The first-order valence-corrected chi connectivity index (χ1v) is 9.68. The van der Waals surface area contributed by atoms with E-state index < -0.39 is 11.8 Å². The summed E-state index contributed by atoms with van der Waals surface area (Å²) < 4.78 is 0. The van der Waals surface area contributed by atoms with E-state index in [-0.39, 0.29) is 11.8 Å². The average Bonchev–Trinajstić information content (AvgIpc) is 2.73. The van der Waals surface area contributed by atoms with Gasteiger partial charge in [0.2, 0.25) is 5.91 Å². The van der Waals surface area contributed by atoms with Gasteiger partial charge in [0.05, 0.1) is 0 Å². The van der Waals surface area contributed by atoms with Crippen LogP contribution in [-0.2, 0) is 4.79 Å². The van der Waals surface area contributed by atoms with Crippen molar-refractivity contribution in [3.63, 3.8) is 0 Å². The highest BCUT2D eigenvalue weighted by molar-refractivity contribution is 6.30. The van der Waals surface area contributed by atoms with Gasteiger partial charge in [-0.2, -0.15) is 0 Å². The standard InChI is InChI=1S/C21H22ClN3O3/c22-17-11-9-15(10-12-17)20(27)24-25-21(28)16-7-4-8-18(13-16)23-19(26)14-5-2-1-3-6-14/h4,7-14H,1-3,5-6H2,(H,23,26)(H,24,27)(H,25,28). The third-order valence-corrected chi connectivity index (χ3v) is 5.02. The van der Waals surface area contributed by atoms with Crippen LogP contribution in [0.25, 0.3) is 0 Å². The summed E-state index contributed by atoms with van der Waals surface area (Å²) in [5, 5.41) is 3.41. The number of carbonyl (C=O) groups is 3. The topological polar surface area (TPSA) is 87.3 Å². The van der Waals surface area contributed by atoms with Crippen molar-refractivity contribution >= 4 is 35.0 Å². The van der Waals surface area contributed by atoms with Crippen molar-refractivity contribution in [1.29, 1.82) is 0 Å². The number of hydrazine groups is 1. The minimum absolute atomic E-state index is 0.00620. The number of rotatable bonds is 4. The first-order chi connectivity index (χ1) is 13.5. The molecule has 1 aliphatic rings. The number of amides is 3. The molecule has 0 heterocycles. The second kappa shape index (κ2) is 9.37. The average molecular weight is 400 g/mol. The van der Waals surface area contributed by atoms with Gasteiger partial charge in [-0.05, 0) is 55.3 Å². The molecule has 1 saturated carbocycles. The molecule has 1 fully saturated rings. The lowest BCUT2D eigenvalue weighted by molar-refractivity contribution is -0.120. The number of carbonyl (C=O) groups excluding carboxylic acids is 3. The highest BCUT2D eigenvalue weighted by atomic mass is 35.5. The molecule has 7 heteroatoms. The molecule has 28 heavy (non-hydrogen) atoms. The Kier molecular flexibility index (Phi) is 6.66. The number of halogens is 1. The molecule has 0 bridgehead atoms. The van der Waals surface area contributed by atoms with Gasteiger partial charge in [0.1, 0.15) is 0 Å². The molecule has 6 nitrogen and oxygen atoms in total. The first-order valence-electron chi connectivity index (χ1n) is 9.30. The summed E-state index contributed by atoms with van der Waals surface area (Å²) >= 11 is 5.79. The quantitative estimate of drug-likeness (QED) is 0.680. The van der Waals surface area contributed by atoms with Crippen LogP contribution >= 0.6 is 11.6 Å². The zero-order chi connectivity index (χ0) is 19.9. The van der Waals surface area contributed by atoms with Gasteiger partial charge in [0.25, 0.3) is 11.8 Å². The highest BCUT2D eigenvalue weighted by Gasteiger charge is 2.21. The van der Waals surface area contributed by atoms with Gasteiger partial charge >= 0.3 is 0 Å². The molecule has 0 unspecified atom stereocenters. The lowest BCUT2D eigenvalue weighted by Crippen LogP contribution is -2.41. The molecule has 0 saturated heterocycles. The van der Waals surface area contributed by atoms with Crippen molar-refractivity contribution in [2.24, 2.45) is 5.92 Å². The Hall–Kier alpha value is -2.86. The van der Waals surface area contributed by atoms with Crippen LogP contribution in [0.5, 0.6) is 0 Å². The molecule has 146 valence electrons. The van der Waals surface area contributed by atoms with E-state index in [0.717, 1.165) is 25.7 Å². The van der Waals surface area contributed by atoms with Crippen molar-refractivity contribution in [1.82, 2.24) is 10.9 Å². The zero-order valence-corrected chi connectivity index (χ0v) is 16.1. The van der Waals surface area contributed by atoms with E-state index in [2.05, 4.69) is 16.2 Å². The van der Waals surface area contributed by atoms with Gasteiger partial charge in [0.15, 0.2) is 0 Å². The molecule has 3 N–H and O–H groups in total. The van der Waals surface area contributed by atoms with E-state index in [1.165, 1.54) is 6.42 Å². The first kappa shape index (κ1) is 19.9. The number of nitrogens with one attached hydrogen (secondary N) is 3. The van der Waals surface area contributed by atoms with Crippen LogP contribution < -0.4 is 16.2 Å². The molecule has 0 radical (unpaired) electrons. The second-order valence-corrected chi connectivity index (χ2v) is 7.26. The summed E-state index contributed by atoms with van der Waals surface area (Å²) in [5.74, 6) is -0.902. The summed E-state index contributed by atoms with van der Waals surface area (Å²) in [4.78, 5) is 36.7. The zero-order valence-electron chi connectivity index (χ0n) is 15.3. The SMILES string of the molecule is O=C(NNC(=O)c1cccc(NC(=O)C2CCCCC2)c1)c1ccc(Cl)cc1. The molecule has 3 amide bonds. The summed E-state index contributed by atoms with van der Waals surface area (Å²) in [5.41, 5.74) is 6.00. The molecule has 3 rings (SSSR count). The highest BCUT2D eigenvalue weighted by Crippen LogP contribution is 2.25. The van der Waals surface area contributed by atoms with Gasteiger partial charge < -0.3 is 5.32 Å². The van der Waals surface area contributed by atoms with Crippen molar-refractivity contribution < 1.29 is 14.4 Å². The van der Waals surface area contributed by atoms with E-state index in [9.17, 15) is 14.4 Å². The Morgan fingerprint density at radius 2 is 1.46 bits per heavy atom. The van der Waals surface area contributed by atoms with Crippen LogP contribution in [-0.4, -0.2) is 17.7 Å². The predicted molar refractivity (Wildman–Crippen MR) is 108 cm³/mol. The van der Waals surface area contributed by atoms with Crippen LogP contribution in [0.15, 0.2) is 48.5 Å². The fraction of sp³-hybridized carbons (Fsp3) is 0.286. The molecule has 0 atom stereocenters. The Labute approximate surface area is 168 Å². The molecule has 1 aliphatic carbocycles. The number of anilines is 1. The third kappa shape index (κ3) is 5.33. The van der Waals surface area contributed by atoms with E-state index in [4.69, 9.17) is 11.6 Å². The van der Waals surface area contributed by atoms with Crippen molar-refractivity contribution in [2.75, 3.05) is 5.32 Å². The van der Waals surface area contributed by atoms with E-state index in [0.29, 0.717) is 21.8 Å². The minimum atomic E-state index is -0.476. The van der Waals surface area contributed by atoms with Gasteiger partial charge in [-0.15, -0.1) is 0 Å². The Bertz CT molecular complexity index is 861. The number of benzene rings is 2. The summed E-state index contributed by atoms with van der Waals surface area (Å²) in [6.07, 6.45) is 5.15. The third-order valence-electron chi connectivity index (χ3n) is 4.76. The molecule has 0 aromatic heterocycles. The Morgan fingerprint density at radius 1 is 0.821 bits per heavy atom. The molecular formula is C21H22ClN3O3. The van der Waals surface area contributed by atoms with Crippen molar-refractivity contribution in [2.45, 2.75) is 32.1 Å². The molecule has 2 aromatic rings. The van der Waals surface area contributed by atoms with Gasteiger partial charge in [-0.3, -0.25) is 25.2 Å². The molecule has 2 aromatic carbocycles. The monoisotopic (exact) mass is 399 g/mol. The van der Waals surface area contributed by atoms with E-state index in [1.54, 1.807) is 48.5 Å². The predicted octanol–water partition coefficient (Wildman–Crippen LogP) is 3.93. The largest absolute Gasteiger partial charge is 0.326 e. The second-order valence-electron chi connectivity index (χ2n) is 6.82. The molecule has 0 spiro atoms. The maximum Gasteiger partial charge on any atom is 0.269 e. The van der Waals surface area contributed by atoms with E-state index in [1.807, 2.05) is 0 Å². The molecular weight excluding hydrogens is 378 g/mol. The Balaban J connectivity index is 1.56. The smallest absolute Gasteiger partial charge is 0.269 e. The van der Waals surface area contributed by atoms with Gasteiger partial charge in [-0.1, -0.05) is 36.9 Å². The number of hydrogen-bond acceptors (Lipinski definition) is 3. The van der Waals surface area contributed by atoms with Crippen LogP contribution in [0, 0.1) is 5.92 Å². The fourth-order valence-electron chi connectivity index (χ4n) is 3.21. The minimum Gasteiger partial charge on any atom is -0.326 e. The summed E-state index contributed by atoms with van der Waals surface area (Å²) in [6, 6.07) is 12.9. The van der Waals surface area contributed by atoms with Crippen molar-refractivity contribution in [3.8, 4) is 0 Å². The lowest BCUT2D eigenvalue weighted by atomic mass is 9.88. The van der Waals surface area contributed by atoms with Crippen LogP contribution in [0.3, 0.4) is 0 Å². The van der Waals surface area contributed by atoms with E-state index >= 15 is 0 Å². The summed E-state index contributed by atoms with van der Waals surface area (Å²) in [6.45, 7) is 0. The van der Waals surface area contributed by atoms with Crippen LogP contribution in [0.2, 0.25) is 5.02 Å². The maximum atomic E-state index is 12.4. The fourth-order valence-corrected chi connectivity index (χ4v) is 3.33. The Morgan fingerprint density at radius 3 is 2.14 bits per heavy atom. The van der Waals surface area contributed by atoms with Gasteiger partial charge in [0, 0.05) is 27.8 Å². The lowest BCUT2D eigenvalue weighted by Gasteiger charge is -2.20. The van der Waals surface area contributed by atoms with Gasteiger partial charge in [-0.25, -0.2) is 0 Å². The molecule has 0 aliphatic heterocycles. The normalized spacial score (nSPS) is 14.2.